The van der Waals surface area contributed by atoms with E-state index in [0.29, 0.717) is 0 Å². The minimum atomic E-state index is -1.55. The number of carbonyl (C=O) groups excluding carboxylic acids is 4. The number of phenols is 4. The van der Waals surface area contributed by atoms with Gasteiger partial charge in [0.25, 0.3) is 5.91 Å². The predicted octanol–water partition coefficient (Wildman–Crippen LogP) is 3.41. The Morgan fingerprint density at radius 2 is 1.42 bits per heavy atom. The van der Waals surface area contributed by atoms with Gasteiger partial charge in [0.2, 0.25) is 5.78 Å². The minimum absolute atomic E-state index is 0.0382. The molecule has 1 heterocycles. The maximum atomic E-state index is 13.3. The summed E-state index contributed by atoms with van der Waals surface area (Å²) in [5.41, 5.74) is -1.57. The predicted molar refractivity (Wildman–Crippen MR) is 165 cm³/mol. The van der Waals surface area contributed by atoms with E-state index in [1.165, 1.54) is 35.2 Å². The fourth-order valence-electron chi connectivity index (χ4n) is 5.11. The topological polar surface area (TPSA) is 220 Å². The molecule has 5 rings (SSSR count). The number of carbonyl (C=O) groups is 5. The van der Waals surface area contributed by atoms with E-state index in [9.17, 15) is 49.5 Å². The first-order chi connectivity index (χ1) is 22.9. The van der Waals surface area contributed by atoms with E-state index < -0.39 is 81.4 Å². The van der Waals surface area contributed by atoms with Gasteiger partial charge >= 0.3 is 18.0 Å². The van der Waals surface area contributed by atoms with Crippen molar-refractivity contribution in [1.82, 2.24) is 10.2 Å². The molecule has 246 valence electrons. The van der Waals surface area contributed by atoms with Gasteiger partial charge in [0.15, 0.2) is 0 Å². The molecule has 0 unspecified atom stereocenters. The Kier molecular flexibility index (Phi) is 9.45. The monoisotopic (exact) mass is 656 g/mol. The fraction of sp³-hybridized carbons (Fsp3) is 0.147. The van der Waals surface area contributed by atoms with Crippen molar-refractivity contribution in [2.45, 2.75) is 18.8 Å². The molecule has 14 heteroatoms. The number of ether oxygens (including phenoxy) is 2. The van der Waals surface area contributed by atoms with Crippen LogP contribution in [0.2, 0.25) is 0 Å². The van der Waals surface area contributed by atoms with E-state index >= 15 is 0 Å². The van der Waals surface area contributed by atoms with Crippen LogP contribution in [0.15, 0.2) is 84.9 Å². The second-order valence-corrected chi connectivity index (χ2v) is 10.7. The summed E-state index contributed by atoms with van der Waals surface area (Å²) in [4.78, 5) is 65.2. The summed E-state index contributed by atoms with van der Waals surface area (Å²) in [6.07, 6.45) is -1.89. The lowest BCUT2D eigenvalue weighted by Gasteiger charge is -2.20. The Hall–Kier alpha value is -6.57. The van der Waals surface area contributed by atoms with Crippen LogP contribution in [-0.2, 0) is 16.1 Å². The molecule has 0 bridgehead atoms. The second kappa shape index (κ2) is 13.8. The van der Waals surface area contributed by atoms with Crippen LogP contribution in [0.4, 0.5) is 4.79 Å². The number of carboxylic acids is 1. The number of phenolic OH excluding ortho intramolecular Hbond substituents is 4. The number of aromatic carboxylic acids is 1. The normalized spacial score (nSPS) is 15.4. The van der Waals surface area contributed by atoms with Crippen molar-refractivity contribution < 1.29 is 59.0 Å². The van der Waals surface area contributed by atoms with Gasteiger partial charge in [-0.3, -0.25) is 9.59 Å². The summed E-state index contributed by atoms with van der Waals surface area (Å²) < 4.78 is 11.0. The van der Waals surface area contributed by atoms with Crippen molar-refractivity contribution in [3.63, 3.8) is 0 Å². The van der Waals surface area contributed by atoms with E-state index in [1.54, 1.807) is 30.3 Å². The average molecular weight is 657 g/mol. The largest absolute Gasteiger partial charge is 0.508 e. The number of likely N-dealkylation sites (tertiary alicyclic amines) is 1. The van der Waals surface area contributed by atoms with E-state index in [4.69, 9.17) is 9.47 Å². The number of esters is 1. The zero-order valence-corrected chi connectivity index (χ0v) is 24.9. The molecule has 14 nitrogen and oxygen atoms in total. The summed E-state index contributed by atoms with van der Waals surface area (Å²) in [6.45, 7) is -0.366. The number of hydrogen-bond donors (Lipinski definition) is 6. The van der Waals surface area contributed by atoms with Crippen LogP contribution in [0, 0.1) is 0 Å². The van der Waals surface area contributed by atoms with Crippen molar-refractivity contribution in [3.05, 3.63) is 118 Å². The summed E-state index contributed by atoms with van der Waals surface area (Å²) in [7, 11) is 0. The zero-order chi connectivity index (χ0) is 34.5. The average Bonchev–Trinajstić information content (AvgIpc) is 3.45. The highest BCUT2D eigenvalue weighted by molar-refractivity contribution is 6.18. The Balaban J connectivity index is 1.36. The minimum Gasteiger partial charge on any atom is -0.508 e. The molecular formula is C34H28N2O12. The number of nitrogens with zero attached hydrogens (tertiary/aromatic N) is 1. The van der Waals surface area contributed by atoms with Crippen LogP contribution in [0.1, 0.15) is 52.6 Å². The van der Waals surface area contributed by atoms with Crippen molar-refractivity contribution in [2.75, 3.05) is 13.1 Å². The molecule has 48 heavy (non-hydrogen) atoms. The first-order valence-corrected chi connectivity index (χ1v) is 14.4. The van der Waals surface area contributed by atoms with Gasteiger partial charge in [-0.25, -0.2) is 14.4 Å². The third kappa shape index (κ3) is 7.12. The molecule has 0 aromatic heterocycles. The van der Waals surface area contributed by atoms with Crippen LogP contribution in [0.25, 0.3) is 0 Å². The first-order valence-electron chi connectivity index (χ1n) is 14.4. The number of benzene rings is 4. The quantitative estimate of drug-likeness (QED) is 0.113. The molecule has 1 aliphatic rings. The van der Waals surface area contributed by atoms with Crippen LogP contribution >= 0.6 is 0 Å². The van der Waals surface area contributed by atoms with Crippen molar-refractivity contribution >= 4 is 29.7 Å². The molecule has 1 aliphatic heterocycles. The summed E-state index contributed by atoms with van der Waals surface area (Å²) >= 11 is 0. The van der Waals surface area contributed by atoms with Crippen LogP contribution in [0.3, 0.4) is 0 Å². The van der Waals surface area contributed by atoms with Crippen molar-refractivity contribution in [3.8, 4) is 23.0 Å². The number of carboxylic acid groups (broad SMARTS) is 1. The van der Waals surface area contributed by atoms with E-state index in [1.807, 2.05) is 0 Å². The lowest BCUT2D eigenvalue weighted by atomic mass is 9.95. The molecule has 1 saturated heterocycles. The summed E-state index contributed by atoms with van der Waals surface area (Å²) in [5.74, 6) is -7.08. The first kappa shape index (κ1) is 32.8. The van der Waals surface area contributed by atoms with Crippen LogP contribution in [-0.4, -0.2) is 85.4 Å². The molecule has 4 aromatic rings. The van der Waals surface area contributed by atoms with Gasteiger partial charge in [0.05, 0.1) is 29.3 Å². The number of rotatable bonds is 9. The molecule has 2 atom stereocenters. The Bertz CT molecular complexity index is 1870. The SMILES string of the molecule is O=C(N[C@H]1CN(C(=O)OCc2ccccc2)C[C@@H]1OC(=O)c1cc(O)c(C(=O)c2c(O)cccc2C(=O)O)c(O)c1)c1ccc(O)cc1. The van der Waals surface area contributed by atoms with E-state index in [0.717, 1.165) is 29.8 Å². The summed E-state index contributed by atoms with van der Waals surface area (Å²) in [5, 5.41) is 53.2. The van der Waals surface area contributed by atoms with Gasteiger partial charge in [-0.05, 0) is 54.1 Å². The molecule has 0 aliphatic carbocycles. The lowest BCUT2D eigenvalue weighted by molar-refractivity contribution is 0.0259. The van der Waals surface area contributed by atoms with E-state index in [-0.39, 0.29) is 31.0 Å². The van der Waals surface area contributed by atoms with Gasteiger partial charge in [0.1, 0.15) is 41.3 Å². The highest BCUT2D eigenvalue weighted by Crippen LogP contribution is 2.35. The summed E-state index contributed by atoms with van der Waals surface area (Å²) in [6, 6.07) is 18.2. The van der Waals surface area contributed by atoms with Gasteiger partial charge in [0, 0.05) is 12.1 Å². The van der Waals surface area contributed by atoms with Crippen LogP contribution < -0.4 is 5.32 Å². The molecule has 0 saturated carbocycles. The fourth-order valence-corrected chi connectivity index (χ4v) is 5.11. The molecule has 1 fully saturated rings. The molecule has 0 radical (unpaired) electrons. The van der Waals surface area contributed by atoms with Gasteiger partial charge in [-0.15, -0.1) is 0 Å². The van der Waals surface area contributed by atoms with Gasteiger partial charge < -0.3 is 45.2 Å². The highest BCUT2D eigenvalue weighted by Gasteiger charge is 2.40. The number of hydrogen-bond acceptors (Lipinski definition) is 11. The molecule has 0 spiro atoms. The molecule has 2 amide bonds. The number of amides is 2. The highest BCUT2D eigenvalue weighted by atomic mass is 16.6. The van der Waals surface area contributed by atoms with E-state index in [2.05, 4.69) is 5.32 Å². The van der Waals surface area contributed by atoms with Crippen LogP contribution in [0.5, 0.6) is 23.0 Å². The number of ketones is 1. The smallest absolute Gasteiger partial charge is 0.410 e. The van der Waals surface area contributed by atoms with Crippen molar-refractivity contribution in [2.24, 2.45) is 0 Å². The lowest BCUT2D eigenvalue weighted by Crippen LogP contribution is -2.44. The third-order valence-corrected chi connectivity index (χ3v) is 7.49. The maximum Gasteiger partial charge on any atom is 0.410 e. The standard InChI is InChI=1S/C34H28N2O12/c37-21-11-9-19(10-12-21)31(42)35-23-15-36(34(46)47-17-18-5-2-1-3-6-18)16-27(23)48-33(45)20-13-25(39)29(26(40)14-20)30(41)28-22(32(43)44)7-4-8-24(28)38/h1-14,23,27,37-40H,15-17H2,(H,35,42)(H,43,44)/t23-,27-/m0/s1. The Labute approximate surface area is 272 Å². The van der Waals surface area contributed by atoms with Gasteiger partial charge in [-0.1, -0.05) is 36.4 Å². The maximum absolute atomic E-state index is 13.3. The Morgan fingerprint density at radius 1 is 0.750 bits per heavy atom. The third-order valence-electron chi connectivity index (χ3n) is 7.49. The van der Waals surface area contributed by atoms with Crippen molar-refractivity contribution in [1.29, 1.82) is 0 Å². The second-order valence-electron chi connectivity index (χ2n) is 10.7. The number of nitrogens with one attached hydrogen (secondary N) is 1. The zero-order valence-electron chi connectivity index (χ0n) is 24.9. The molecule has 4 aromatic carbocycles. The molecular weight excluding hydrogens is 628 g/mol. The molecule has 6 N–H and O–H groups in total. The van der Waals surface area contributed by atoms with Gasteiger partial charge in [-0.2, -0.15) is 0 Å². The Morgan fingerprint density at radius 3 is 2.06 bits per heavy atom. The number of aromatic hydroxyl groups is 4.